The fourth-order valence-corrected chi connectivity index (χ4v) is 3.13. The number of amides is 1. The highest BCUT2D eigenvalue weighted by Crippen LogP contribution is 2.26. The molecule has 1 fully saturated rings. The van der Waals surface area contributed by atoms with E-state index in [0.717, 1.165) is 29.7 Å². The summed E-state index contributed by atoms with van der Waals surface area (Å²) in [4.78, 5) is 22.9. The average Bonchev–Trinajstić information content (AvgIpc) is 2.68. The van der Waals surface area contributed by atoms with E-state index in [9.17, 15) is 4.79 Å². The summed E-state index contributed by atoms with van der Waals surface area (Å²) in [5.74, 6) is -0.0446. The number of rotatable bonds is 4. The first-order valence-corrected chi connectivity index (χ1v) is 8.66. The Balaban J connectivity index is 1.63. The van der Waals surface area contributed by atoms with Gasteiger partial charge in [0, 0.05) is 36.0 Å². The van der Waals surface area contributed by atoms with E-state index in [1.54, 1.807) is 18.3 Å². The average molecular weight is 359 g/mol. The minimum absolute atomic E-state index is 0.432. The third-order valence-electron chi connectivity index (χ3n) is 4.47. The van der Waals surface area contributed by atoms with Crippen LogP contribution in [-0.2, 0) is 4.74 Å². The second-order valence-electron chi connectivity index (χ2n) is 6.33. The quantitative estimate of drug-likeness (QED) is 0.678. The SMILES string of the molecule is [B]c1ccc2nc(Nc3ccc(N4CCOCC4)c(C(N)=O)c3)ncc2c1. The summed E-state index contributed by atoms with van der Waals surface area (Å²) in [7, 11) is 5.78. The molecule has 1 aliphatic heterocycles. The fraction of sp³-hybridized carbons (Fsp3) is 0.211. The Bertz CT molecular complexity index is 1000. The zero-order chi connectivity index (χ0) is 18.8. The van der Waals surface area contributed by atoms with Gasteiger partial charge < -0.3 is 20.7 Å². The molecule has 27 heavy (non-hydrogen) atoms. The van der Waals surface area contributed by atoms with Gasteiger partial charge in [-0.2, -0.15) is 0 Å². The van der Waals surface area contributed by atoms with Crippen LogP contribution in [0.25, 0.3) is 10.9 Å². The molecule has 134 valence electrons. The molecule has 0 bridgehead atoms. The molecule has 1 amide bonds. The van der Waals surface area contributed by atoms with Gasteiger partial charge in [0.25, 0.3) is 5.91 Å². The molecule has 1 aliphatic rings. The molecule has 2 aromatic carbocycles. The molecule has 2 heterocycles. The number of hydrogen-bond donors (Lipinski definition) is 2. The van der Waals surface area contributed by atoms with Crippen molar-refractivity contribution in [2.75, 3.05) is 36.5 Å². The van der Waals surface area contributed by atoms with Gasteiger partial charge in [0.1, 0.15) is 7.85 Å². The summed E-state index contributed by atoms with van der Waals surface area (Å²) >= 11 is 0. The van der Waals surface area contributed by atoms with Gasteiger partial charge in [0.05, 0.1) is 24.3 Å². The van der Waals surface area contributed by atoms with Crippen molar-refractivity contribution in [3.05, 3.63) is 48.2 Å². The van der Waals surface area contributed by atoms with Crippen molar-refractivity contribution in [2.24, 2.45) is 5.73 Å². The molecular formula is C19H18BN5O2. The van der Waals surface area contributed by atoms with Gasteiger partial charge in [-0.25, -0.2) is 9.97 Å². The molecule has 4 rings (SSSR count). The summed E-state index contributed by atoms with van der Waals surface area (Å²) < 4.78 is 5.37. The largest absolute Gasteiger partial charge is 0.378 e. The standard InChI is InChI=1S/C19H18BN5O2/c20-13-1-3-16-12(9-13)11-22-19(24-16)23-14-2-4-17(15(10-14)18(21)26)25-5-7-27-8-6-25/h1-4,9-11H,5-8H2,(H2,21,26)(H,22,23,24). The molecule has 7 nitrogen and oxygen atoms in total. The number of benzene rings is 2. The van der Waals surface area contributed by atoms with Crippen molar-refractivity contribution in [3.8, 4) is 0 Å². The van der Waals surface area contributed by atoms with Crippen LogP contribution in [0.2, 0.25) is 0 Å². The summed E-state index contributed by atoms with van der Waals surface area (Å²) in [6.07, 6.45) is 1.71. The Hall–Kier alpha value is -3.13. The van der Waals surface area contributed by atoms with Crippen LogP contribution in [0.3, 0.4) is 0 Å². The number of fused-ring (bicyclic) bond motifs is 1. The Labute approximate surface area is 158 Å². The predicted molar refractivity (Wildman–Crippen MR) is 106 cm³/mol. The van der Waals surface area contributed by atoms with Gasteiger partial charge in [0.15, 0.2) is 0 Å². The van der Waals surface area contributed by atoms with Crippen molar-refractivity contribution in [1.29, 1.82) is 0 Å². The molecule has 0 saturated carbocycles. The maximum Gasteiger partial charge on any atom is 0.250 e. The van der Waals surface area contributed by atoms with Gasteiger partial charge in [-0.3, -0.25) is 4.79 Å². The molecule has 0 spiro atoms. The van der Waals surface area contributed by atoms with Crippen LogP contribution in [0.15, 0.2) is 42.6 Å². The fourth-order valence-electron chi connectivity index (χ4n) is 3.13. The summed E-state index contributed by atoms with van der Waals surface area (Å²) in [5.41, 5.74) is 9.00. The van der Waals surface area contributed by atoms with E-state index in [-0.39, 0.29) is 0 Å². The summed E-state index contributed by atoms with van der Waals surface area (Å²) in [6.45, 7) is 2.72. The van der Waals surface area contributed by atoms with E-state index < -0.39 is 5.91 Å². The highest BCUT2D eigenvalue weighted by atomic mass is 16.5. The first kappa shape index (κ1) is 17.3. The summed E-state index contributed by atoms with van der Waals surface area (Å²) in [5, 5.41) is 3.99. The predicted octanol–water partition coefficient (Wildman–Crippen LogP) is 1.10. The van der Waals surface area contributed by atoms with E-state index in [4.69, 9.17) is 18.3 Å². The van der Waals surface area contributed by atoms with Gasteiger partial charge in [-0.15, -0.1) is 0 Å². The molecule has 0 aliphatic carbocycles. The molecule has 3 aromatic rings. The van der Waals surface area contributed by atoms with Crippen LogP contribution in [0.4, 0.5) is 17.3 Å². The lowest BCUT2D eigenvalue weighted by Gasteiger charge is -2.30. The number of aromatic nitrogens is 2. The second kappa shape index (κ2) is 7.24. The number of carbonyl (C=O) groups excluding carboxylic acids is 1. The number of primary amides is 1. The lowest BCUT2D eigenvalue weighted by molar-refractivity contribution is 0.0998. The molecule has 0 unspecified atom stereocenters. The topological polar surface area (TPSA) is 93.4 Å². The van der Waals surface area contributed by atoms with Crippen molar-refractivity contribution >= 4 is 47.4 Å². The van der Waals surface area contributed by atoms with Crippen LogP contribution in [0.1, 0.15) is 10.4 Å². The smallest absolute Gasteiger partial charge is 0.250 e. The lowest BCUT2D eigenvalue weighted by Crippen LogP contribution is -2.37. The molecule has 0 atom stereocenters. The number of nitrogens with zero attached hydrogens (tertiary/aromatic N) is 3. The van der Waals surface area contributed by atoms with E-state index >= 15 is 0 Å². The highest BCUT2D eigenvalue weighted by molar-refractivity contribution is 6.33. The Kier molecular flexibility index (Phi) is 4.64. The molecule has 3 N–H and O–H groups in total. The second-order valence-corrected chi connectivity index (χ2v) is 6.33. The van der Waals surface area contributed by atoms with Crippen molar-refractivity contribution in [3.63, 3.8) is 0 Å². The van der Waals surface area contributed by atoms with Gasteiger partial charge in [-0.1, -0.05) is 17.6 Å². The summed E-state index contributed by atoms with van der Waals surface area (Å²) in [6, 6.07) is 10.9. The van der Waals surface area contributed by atoms with Crippen LogP contribution >= 0.6 is 0 Å². The Morgan fingerprint density at radius 3 is 2.78 bits per heavy atom. The molecule has 8 heteroatoms. The lowest BCUT2D eigenvalue weighted by atomic mass is 9.95. The zero-order valence-electron chi connectivity index (χ0n) is 14.7. The minimum atomic E-state index is -0.477. The number of carbonyl (C=O) groups is 1. The van der Waals surface area contributed by atoms with Crippen LogP contribution in [0, 0.1) is 0 Å². The maximum atomic E-state index is 12.0. The van der Waals surface area contributed by atoms with Crippen molar-refractivity contribution in [1.82, 2.24) is 9.97 Å². The Morgan fingerprint density at radius 1 is 1.19 bits per heavy atom. The van der Waals surface area contributed by atoms with E-state index in [2.05, 4.69) is 20.2 Å². The monoisotopic (exact) mass is 359 g/mol. The van der Waals surface area contributed by atoms with Crippen LogP contribution in [-0.4, -0.2) is 50.0 Å². The van der Waals surface area contributed by atoms with E-state index in [1.165, 1.54) is 0 Å². The van der Waals surface area contributed by atoms with E-state index in [1.807, 2.05) is 24.3 Å². The van der Waals surface area contributed by atoms with E-state index in [0.29, 0.717) is 35.9 Å². The minimum Gasteiger partial charge on any atom is -0.378 e. The van der Waals surface area contributed by atoms with Crippen molar-refractivity contribution < 1.29 is 9.53 Å². The van der Waals surface area contributed by atoms with Gasteiger partial charge in [0.2, 0.25) is 5.95 Å². The number of nitrogens with two attached hydrogens (primary N) is 1. The first-order chi connectivity index (χ1) is 13.1. The van der Waals surface area contributed by atoms with Gasteiger partial charge in [-0.05, 0) is 24.3 Å². The molecular weight excluding hydrogens is 341 g/mol. The van der Waals surface area contributed by atoms with Crippen molar-refractivity contribution in [2.45, 2.75) is 0 Å². The number of nitrogens with one attached hydrogen (secondary N) is 1. The number of anilines is 3. The normalized spacial score (nSPS) is 14.3. The van der Waals surface area contributed by atoms with Crippen LogP contribution in [0.5, 0.6) is 0 Å². The zero-order valence-corrected chi connectivity index (χ0v) is 14.7. The molecule has 1 saturated heterocycles. The van der Waals surface area contributed by atoms with Gasteiger partial charge >= 0.3 is 0 Å². The third kappa shape index (κ3) is 3.70. The number of ether oxygens (including phenoxy) is 1. The molecule has 2 radical (unpaired) electrons. The first-order valence-electron chi connectivity index (χ1n) is 8.66. The highest BCUT2D eigenvalue weighted by Gasteiger charge is 2.18. The Morgan fingerprint density at radius 2 is 2.00 bits per heavy atom. The number of hydrogen-bond acceptors (Lipinski definition) is 6. The third-order valence-corrected chi connectivity index (χ3v) is 4.47. The number of morpholine rings is 1. The maximum absolute atomic E-state index is 12.0. The van der Waals surface area contributed by atoms with Crippen LogP contribution < -0.4 is 21.4 Å². The molecule has 1 aromatic heterocycles.